The summed E-state index contributed by atoms with van der Waals surface area (Å²) >= 11 is 2.94. The quantitative estimate of drug-likeness (QED) is 0.809. The zero-order valence-electron chi connectivity index (χ0n) is 10.1. The fourth-order valence-electron chi connectivity index (χ4n) is 1.74. The van der Waals surface area contributed by atoms with Crippen LogP contribution in [0.4, 0.5) is 4.39 Å². The molecule has 9 heteroatoms. The molecule has 1 atom stereocenters. The molecule has 1 unspecified atom stereocenters. The van der Waals surface area contributed by atoms with Gasteiger partial charge in [-0.25, -0.2) is 22.7 Å². The maximum Gasteiger partial charge on any atom is 0.339 e. The predicted octanol–water partition coefficient (Wildman–Crippen LogP) is 1.18. The summed E-state index contributed by atoms with van der Waals surface area (Å²) < 4.78 is 46.1. The number of benzene rings is 1. The molecule has 1 saturated heterocycles. The summed E-state index contributed by atoms with van der Waals surface area (Å²) in [5, 5.41) is 4.96. The molecule has 0 saturated carbocycles. The number of esters is 1. The number of ether oxygens (including phenoxy) is 2. The maximum atomic E-state index is 13.4. The van der Waals surface area contributed by atoms with Gasteiger partial charge in [0.1, 0.15) is 11.9 Å². The second-order valence-corrected chi connectivity index (χ2v) is 6.52. The molecule has 2 N–H and O–H groups in total. The molecular weight excluding hydrogens is 357 g/mol. The van der Waals surface area contributed by atoms with Crippen LogP contribution in [-0.4, -0.2) is 33.7 Å². The number of carbonyl (C=O) groups excluding carboxylic acids is 1. The molecule has 1 aliphatic rings. The van der Waals surface area contributed by atoms with Gasteiger partial charge < -0.3 is 9.47 Å². The van der Waals surface area contributed by atoms with Gasteiger partial charge in [0, 0.05) is 6.42 Å². The Morgan fingerprint density at radius 2 is 2.20 bits per heavy atom. The third-order valence-corrected chi connectivity index (χ3v) is 4.74. The number of sulfonamides is 1. The first-order valence-corrected chi connectivity index (χ1v) is 7.93. The molecule has 0 aromatic heterocycles. The molecule has 1 aliphatic heterocycles. The van der Waals surface area contributed by atoms with Crippen molar-refractivity contribution in [2.45, 2.75) is 17.4 Å². The van der Waals surface area contributed by atoms with E-state index in [-0.39, 0.29) is 16.6 Å². The largest absolute Gasteiger partial charge is 0.456 e. The monoisotopic (exact) mass is 367 g/mol. The van der Waals surface area contributed by atoms with E-state index in [2.05, 4.69) is 15.9 Å². The molecule has 1 aromatic rings. The zero-order valence-corrected chi connectivity index (χ0v) is 12.5. The molecule has 6 nitrogen and oxygen atoms in total. The van der Waals surface area contributed by atoms with E-state index in [4.69, 9.17) is 14.6 Å². The minimum absolute atomic E-state index is 0.120. The van der Waals surface area contributed by atoms with Gasteiger partial charge >= 0.3 is 5.97 Å². The van der Waals surface area contributed by atoms with Crippen molar-refractivity contribution in [3.05, 3.63) is 28.0 Å². The highest BCUT2D eigenvalue weighted by Gasteiger charge is 2.26. The lowest BCUT2D eigenvalue weighted by molar-refractivity contribution is 0.0268. The van der Waals surface area contributed by atoms with E-state index < -0.39 is 32.8 Å². The number of hydrogen-bond donors (Lipinski definition) is 1. The Morgan fingerprint density at radius 1 is 1.50 bits per heavy atom. The lowest BCUT2D eigenvalue weighted by Crippen LogP contribution is -2.20. The summed E-state index contributed by atoms with van der Waals surface area (Å²) in [6.45, 7) is 0.741. The summed E-state index contributed by atoms with van der Waals surface area (Å²) in [5.41, 5.74) is -0.235. The maximum absolute atomic E-state index is 13.4. The topological polar surface area (TPSA) is 95.7 Å². The number of carbonyl (C=O) groups is 1. The number of halogens is 2. The van der Waals surface area contributed by atoms with Gasteiger partial charge in [0.05, 0.1) is 28.1 Å². The molecule has 20 heavy (non-hydrogen) atoms. The fraction of sp³-hybridized carbons (Fsp3) is 0.364. The summed E-state index contributed by atoms with van der Waals surface area (Å²) in [4.78, 5) is 11.4. The minimum Gasteiger partial charge on any atom is -0.456 e. The van der Waals surface area contributed by atoms with E-state index >= 15 is 0 Å². The summed E-state index contributed by atoms with van der Waals surface area (Å²) in [6.07, 6.45) is 0.122. The smallest absolute Gasteiger partial charge is 0.339 e. The van der Waals surface area contributed by atoms with Gasteiger partial charge in [-0.3, -0.25) is 0 Å². The SMILES string of the molecule is NS(=O)(=O)c1cc(F)cc(C(=O)OC2CCOC2)c1Br. The molecule has 0 aliphatic carbocycles. The van der Waals surface area contributed by atoms with Crippen LogP contribution in [0.1, 0.15) is 16.8 Å². The molecule has 1 heterocycles. The van der Waals surface area contributed by atoms with E-state index in [1.165, 1.54) is 0 Å². The van der Waals surface area contributed by atoms with Crippen LogP contribution in [0.25, 0.3) is 0 Å². The standard InChI is InChI=1S/C11H11BrFNO5S/c12-10-8(11(15)19-7-1-2-18-5-7)3-6(13)4-9(10)20(14,16)17/h3-4,7H,1-2,5H2,(H2,14,16,17). The fourth-order valence-corrected chi connectivity index (χ4v) is 3.44. The second-order valence-electron chi connectivity index (χ2n) is 4.20. The zero-order chi connectivity index (χ0) is 14.9. The highest BCUT2D eigenvalue weighted by Crippen LogP contribution is 2.28. The first kappa shape index (κ1) is 15.4. The van der Waals surface area contributed by atoms with E-state index in [0.29, 0.717) is 13.0 Å². The number of hydrogen-bond acceptors (Lipinski definition) is 5. The van der Waals surface area contributed by atoms with Crippen LogP contribution in [0.2, 0.25) is 0 Å². The number of rotatable bonds is 3. The molecule has 1 fully saturated rings. The van der Waals surface area contributed by atoms with Crippen LogP contribution in [0.5, 0.6) is 0 Å². The molecular formula is C11H11BrFNO5S. The average Bonchev–Trinajstić information content (AvgIpc) is 2.83. The van der Waals surface area contributed by atoms with Crippen molar-refractivity contribution in [1.29, 1.82) is 0 Å². The van der Waals surface area contributed by atoms with Gasteiger partial charge in [-0.2, -0.15) is 0 Å². The Balaban J connectivity index is 2.36. The van der Waals surface area contributed by atoms with Crippen molar-refractivity contribution >= 4 is 31.9 Å². The van der Waals surface area contributed by atoms with Gasteiger partial charge in [0.25, 0.3) is 0 Å². The Bertz CT molecular complexity index is 642. The summed E-state index contributed by atoms with van der Waals surface area (Å²) in [6, 6.07) is 1.62. The number of primary sulfonamides is 1. The van der Waals surface area contributed by atoms with Crippen molar-refractivity contribution in [3.63, 3.8) is 0 Å². The van der Waals surface area contributed by atoms with Crippen molar-refractivity contribution in [2.24, 2.45) is 5.14 Å². The van der Waals surface area contributed by atoms with Crippen LogP contribution in [-0.2, 0) is 19.5 Å². The van der Waals surface area contributed by atoms with Crippen molar-refractivity contribution in [2.75, 3.05) is 13.2 Å². The van der Waals surface area contributed by atoms with Crippen LogP contribution in [0.15, 0.2) is 21.5 Å². The van der Waals surface area contributed by atoms with Crippen molar-refractivity contribution in [3.8, 4) is 0 Å². The van der Waals surface area contributed by atoms with Crippen molar-refractivity contribution in [1.82, 2.24) is 0 Å². The predicted molar refractivity (Wildman–Crippen MR) is 70.1 cm³/mol. The van der Waals surface area contributed by atoms with Crippen LogP contribution >= 0.6 is 15.9 Å². The summed E-state index contributed by atoms with van der Waals surface area (Å²) in [5.74, 6) is -1.73. The second kappa shape index (κ2) is 5.76. The Hall–Kier alpha value is -1.03. The lowest BCUT2D eigenvalue weighted by Gasteiger charge is -2.12. The van der Waals surface area contributed by atoms with Crippen molar-refractivity contribution < 1.29 is 27.1 Å². The molecule has 0 amide bonds. The van der Waals surface area contributed by atoms with E-state index in [0.717, 1.165) is 12.1 Å². The van der Waals surface area contributed by atoms with Crippen LogP contribution in [0, 0.1) is 5.82 Å². The van der Waals surface area contributed by atoms with Gasteiger partial charge in [0.2, 0.25) is 10.0 Å². The highest BCUT2D eigenvalue weighted by molar-refractivity contribution is 9.10. The Labute approximate surface area is 123 Å². The molecule has 0 spiro atoms. The van der Waals surface area contributed by atoms with E-state index in [1.807, 2.05) is 0 Å². The van der Waals surface area contributed by atoms with Gasteiger partial charge in [-0.05, 0) is 28.1 Å². The Kier molecular flexibility index (Phi) is 4.43. The molecule has 110 valence electrons. The van der Waals surface area contributed by atoms with E-state index in [1.54, 1.807) is 0 Å². The van der Waals surface area contributed by atoms with Gasteiger partial charge in [0.15, 0.2) is 0 Å². The minimum atomic E-state index is -4.16. The molecule has 1 aromatic carbocycles. The first-order chi connectivity index (χ1) is 9.29. The summed E-state index contributed by atoms with van der Waals surface area (Å²) in [7, 11) is -4.16. The van der Waals surface area contributed by atoms with Gasteiger partial charge in [-0.1, -0.05) is 0 Å². The van der Waals surface area contributed by atoms with Gasteiger partial charge in [-0.15, -0.1) is 0 Å². The van der Waals surface area contributed by atoms with Crippen LogP contribution in [0.3, 0.4) is 0 Å². The molecule has 2 rings (SSSR count). The molecule has 0 radical (unpaired) electrons. The Morgan fingerprint density at radius 3 is 2.75 bits per heavy atom. The first-order valence-electron chi connectivity index (χ1n) is 5.59. The number of nitrogens with two attached hydrogens (primary N) is 1. The lowest BCUT2D eigenvalue weighted by atomic mass is 10.2. The third-order valence-electron chi connectivity index (χ3n) is 2.69. The third kappa shape index (κ3) is 3.35. The highest BCUT2D eigenvalue weighted by atomic mass is 79.9. The normalized spacial score (nSPS) is 19.1. The van der Waals surface area contributed by atoms with Crippen LogP contribution < -0.4 is 5.14 Å². The molecule has 0 bridgehead atoms. The van der Waals surface area contributed by atoms with E-state index in [9.17, 15) is 17.6 Å². The average molecular weight is 368 g/mol.